The third-order valence-corrected chi connectivity index (χ3v) is 1.15. The highest BCUT2D eigenvalue weighted by Crippen LogP contribution is 2.07. The van der Waals surface area contributed by atoms with Crippen molar-refractivity contribution >= 4 is 11.7 Å². The summed E-state index contributed by atoms with van der Waals surface area (Å²) in [5.41, 5.74) is -0.400. The van der Waals surface area contributed by atoms with E-state index in [-0.39, 0.29) is 0 Å². The second-order valence-electron chi connectivity index (χ2n) is 1.84. The van der Waals surface area contributed by atoms with E-state index >= 15 is 0 Å². The Morgan fingerprint density at radius 1 is 1.75 bits per heavy atom. The lowest BCUT2D eigenvalue weighted by Gasteiger charge is -1.98. The fraction of sp³-hybridized carbons (Fsp3) is 0.500. The van der Waals surface area contributed by atoms with Crippen LogP contribution < -0.4 is 0 Å². The molecule has 64 valence electrons. The van der Waals surface area contributed by atoms with Crippen LogP contribution in [-0.4, -0.2) is 29.9 Å². The Hall–Kier alpha value is -1.86. The zero-order chi connectivity index (χ0) is 9.14. The van der Waals surface area contributed by atoms with Gasteiger partial charge in [-0.3, -0.25) is 10.1 Å². The van der Waals surface area contributed by atoms with Gasteiger partial charge >= 0.3 is 12.1 Å². The first kappa shape index (κ1) is 8.24. The number of esters is 1. The third kappa shape index (κ3) is 1.26. The Morgan fingerprint density at radius 3 is 2.92 bits per heavy atom. The number of carbonyl (C=O) groups excluding carboxylic acids is 1. The molecule has 1 heterocycles. The molecule has 8 heteroatoms. The van der Waals surface area contributed by atoms with E-state index in [1.165, 1.54) is 0 Å². The molecule has 0 saturated carbocycles. The fourth-order valence-corrected chi connectivity index (χ4v) is 0.622. The minimum absolute atomic E-state index is 0.400. The van der Waals surface area contributed by atoms with Crippen LogP contribution in [0, 0.1) is 10.1 Å². The maximum atomic E-state index is 10.8. The highest BCUT2D eigenvalue weighted by molar-refractivity contribution is 6.38. The van der Waals surface area contributed by atoms with Crippen molar-refractivity contribution in [3.05, 3.63) is 10.1 Å². The second-order valence-corrected chi connectivity index (χ2v) is 1.84. The quantitative estimate of drug-likeness (QED) is 0.320. The molecule has 1 atom stereocenters. The van der Waals surface area contributed by atoms with Crippen molar-refractivity contribution in [2.75, 3.05) is 7.11 Å². The van der Waals surface area contributed by atoms with Gasteiger partial charge in [0.25, 0.3) is 0 Å². The van der Waals surface area contributed by atoms with Crippen LogP contribution in [-0.2, 0) is 9.53 Å². The monoisotopic (exact) mass is 172 g/mol. The van der Waals surface area contributed by atoms with Gasteiger partial charge in [-0.1, -0.05) is 5.11 Å². The molecule has 0 unspecified atom stereocenters. The normalized spacial score (nSPS) is 20.4. The van der Waals surface area contributed by atoms with Crippen molar-refractivity contribution < 1.29 is 14.5 Å². The lowest BCUT2D eigenvalue weighted by atomic mass is 10.3. The van der Waals surface area contributed by atoms with E-state index in [1.54, 1.807) is 0 Å². The van der Waals surface area contributed by atoms with Gasteiger partial charge in [-0.2, -0.15) is 0 Å². The van der Waals surface area contributed by atoms with E-state index in [4.69, 9.17) is 0 Å². The molecule has 0 aromatic rings. The molecule has 1 rings (SSSR count). The van der Waals surface area contributed by atoms with E-state index in [1.807, 2.05) is 0 Å². The maximum Gasteiger partial charge on any atom is 0.373 e. The first-order valence-corrected chi connectivity index (χ1v) is 2.86. The van der Waals surface area contributed by atoms with E-state index in [0.717, 1.165) is 7.11 Å². The number of hydrogen-bond acceptors (Lipinski definition) is 7. The summed E-state index contributed by atoms with van der Waals surface area (Å²) in [6.07, 6.45) is -1.52. The van der Waals surface area contributed by atoms with Crippen LogP contribution in [0.3, 0.4) is 0 Å². The van der Waals surface area contributed by atoms with E-state index in [0.29, 0.717) is 0 Å². The Bertz CT molecular complexity index is 283. The average molecular weight is 172 g/mol. The minimum Gasteiger partial charge on any atom is -0.464 e. The number of carbonyl (C=O) groups is 1. The number of nitrogens with zero attached hydrogens (tertiary/aromatic N) is 4. The highest BCUT2D eigenvalue weighted by atomic mass is 16.6. The van der Waals surface area contributed by atoms with Gasteiger partial charge in [0.05, 0.1) is 12.0 Å². The van der Waals surface area contributed by atoms with Gasteiger partial charge < -0.3 is 4.74 Å². The largest absolute Gasteiger partial charge is 0.464 e. The topological polar surface area (TPSA) is 107 Å². The summed E-state index contributed by atoms with van der Waals surface area (Å²) in [6, 6.07) is 0. The first-order chi connectivity index (χ1) is 5.66. The van der Waals surface area contributed by atoms with Crippen LogP contribution in [0.1, 0.15) is 0 Å². The molecular formula is C4H4N4O4. The zero-order valence-corrected chi connectivity index (χ0v) is 6.00. The van der Waals surface area contributed by atoms with Gasteiger partial charge in [-0.05, 0) is 5.22 Å². The Morgan fingerprint density at radius 2 is 2.42 bits per heavy atom. The van der Waals surface area contributed by atoms with Crippen molar-refractivity contribution in [1.82, 2.24) is 0 Å². The molecule has 1 aliphatic rings. The van der Waals surface area contributed by atoms with Crippen molar-refractivity contribution in [2.24, 2.45) is 15.4 Å². The van der Waals surface area contributed by atoms with Crippen molar-refractivity contribution in [1.29, 1.82) is 0 Å². The predicted molar refractivity (Wildman–Crippen MR) is 35.1 cm³/mol. The van der Waals surface area contributed by atoms with E-state index < -0.39 is 22.8 Å². The zero-order valence-electron chi connectivity index (χ0n) is 6.00. The molecule has 0 N–H and O–H groups in total. The molecule has 0 saturated heterocycles. The molecule has 0 bridgehead atoms. The average Bonchev–Trinajstić information content (AvgIpc) is 2.50. The number of nitro groups is 1. The van der Waals surface area contributed by atoms with Crippen LogP contribution >= 0.6 is 0 Å². The van der Waals surface area contributed by atoms with Crippen LogP contribution in [0.2, 0.25) is 0 Å². The molecule has 0 aromatic carbocycles. The molecule has 0 fully saturated rings. The summed E-state index contributed by atoms with van der Waals surface area (Å²) in [5.74, 6) is -0.887. The van der Waals surface area contributed by atoms with Crippen LogP contribution in [0.4, 0.5) is 0 Å². The van der Waals surface area contributed by atoms with Crippen LogP contribution in [0.15, 0.2) is 15.4 Å². The molecule has 12 heavy (non-hydrogen) atoms. The Kier molecular flexibility index (Phi) is 2.08. The van der Waals surface area contributed by atoms with Crippen molar-refractivity contribution in [3.8, 4) is 0 Å². The SMILES string of the molecule is COC(=O)C1=NN=N[C@@H]1[N+](=O)[O-]. The summed E-state index contributed by atoms with van der Waals surface area (Å²) in [6.45, 7) is 0. The van der Waals surface area contributed by atoms with E-state index in [2.05, 4.69) is 20.2 Å². The van der Waals surface area contributed by atoms with Crippen molar-refractivity contribution in [3.63, 3.8) is 0 Å². The number of methoxy groups -OCH3 is 1. The summed E-state index contributed by atoms with van der Waals surface area (Å²) < 4.78 is 4.22. The third-order valence-electron chi connectivity index (χ3n) is 1.15. The lowest BCUT2D eigenvalue weighted by Crippen LogP contribution is -2.32. The van der Waals surface area contributed by atoms with Gasteiger partial charge in [0.15, 0.2) is 0 Å². The fourth-order valence-electron chi connectivity index (χ4n) is 0.622. The summed E-state index contributed by atoms with van der Waals surface area (Å²) in [7, 11) is 1.10. The standard InChI is InChI=1S/C4H4N4O4/c1-12-4(9)2-3(8(10)11)6-7-5-2/h3H,1H3/t3-/m1/s1. The molecule has 1 aliphatic heterocycles. The molecule has 0 aromatic heterocycles. The molecule has 0 aliphatic carbocycles. The highest BCUT2D eigenvalue weighted by Gasteiger charge is 2.37. The van der Waals surface area contributed by atoms with Gasteiger partial charge in [0, 0.05) is 0 Å². The molecule has 0 amide bonds. The van der Waals surface area contributed by atoms with Crippen LogP contribution in [0.25, 0.3) is 0 Å². The lowest BCUT2D eigenvalue weighted by molar-refractivity contribution is -0.500. The molecular weight excluding hydrogens is 168 g/mol. The van der Waals surface area contributed by atoms with Gasteiger partial charge in [0.2, 0.25) is 5.71 Å². The van der Waals surface area contributed by atoms with Gasteiger partial charge in [-0.15, -0.1) is 5.10 Å². The summed E-state index contributed by atoms with van der Waals surface area (Å²) in [4.78, 5) is 20.2. The van der Waals surface area contributed by atoms with Gasteiger partial charge in [-0.25, -0.2) is 4.79 Å². The second kappa shape index (κ2) is 3.03. The number of hydrogen-bond donors (Lipinski definition) is 0. The maximum absolute atomic E-state index is 10.8. The Balaban J connectivity index is 2.81. The molecule has 0 radical (unpaired) electrons. The number of rotatable bonds is 2. The van der Waals surface area contributed by atoms with Crippen molar-refractivity contribution in [2.45, 2.75) is 6.17 Å². The van der Waals surface area contributed by atoms with E-state index in [9.17, 15) is 14.9 Å². The van der Waals surface area contributed by atoms with Gasteiger partial charge in [0.1, 0.15) is 0 Å². The Labute approximate surface area is 66.1 Å². The molecule has 8 nitrogen and oxygen atoms in total. The summed E-state index contributed by atoms with van der Waals surface area (Å²) >= 11 is 0. The molecule has 0 spiro atoms. The first-order valence-electron chi connectivity index (χ1n) is 2.86. The van der Waals surface area contributed by atoms with Crippen LogP contribution in [0.5, 0.6) is 0 Å². The summed E-state index contributed by atoms with van der Waals surface area (Å²) in [5, 5.41) is 19.5. The smallest absolute Gasteiger partial charge is 0.373 e. The predicted octanol–water partition coefficient (Wildman–Crippen LogP) is -0.416. The minimum atomic E-state index is -1.52. The number of ether oxygens (including phenoxy) is 1.